The van der Waals surface area contributed by atoms with Gasteiger partial charge in [0.05, 0.1) is 11.4 Å². The van der Waals surface area contributed by atoms with Gasteiger partial charge in [0.1, 0.15) is 11.6 Å². The van der Waals surface area contributed by atoms with Crippen molar-refractivity contribution in [2.75, 3.05) is 5.73 Å². The number of hydrogen-bond donors (Lipinski definition) is 2. The molecule has 29 heavy (non-hydrogen) atoms. The fraction of sp³-hybridized carbons (Fsp3) is 0.150. The molecule has 0 atom stereocenters. The molecule has 4 aromatic rings. The number of aromatic nitrogens is 4. The van der Waals surface area contributed by atoms with Crippen LogP contribution in [0.5, 0.6) is 0 Å². The molecule has 0 aliphatic heterocycles. The Balaban J connectivity index is 0.00000150. The average Bonchev–Trinajstić information content (AvgIpc) is 3.15. The summed E-state index contributed by atoms with van der Waals surface area (Å²) in [7, 11) is 0. The number of nitrogen functional groups attached to an aromatic ring is 1. The maximum Gasteiger partial charge on any atom is 0.132 e. The molecule has 9 heteroatoms. The van der Waals surface area contributed by atoms with Crippen molar-refractivity contribution >= 4 is 53.0 Å². The van der Waals surface area contributed by atoms with Gasteiger partial charge in [0, 0.05) is 51.1 Å². The number of hydrogen-bond acceptors (Lipinski definition) is 4. The summed E-state index contributed by atoms with van der Waals surface area (Å²) in [6.45, 7) is 4.15. The Kier molecular flexibility index (Phi) is 7.06. The molecule has 1 aromatic carbocycles. The highest BCUT2D eigenvalue weighted by Gasteiger charge is 2.16. The first kappa shape index (κ1) is 22.9. The second-order valence-electron chi connectivity index (χ2n) is 6.64. The monoisotopic (exact) mass is 453 g/mol. The fourth-order valence-electron chi connectivity index (χ4n) is 3.12. The summed E-state index contributed by atoms with van der Waals surface area (Å²) in [5.74, 6) is 0.230. The van der Waals surface area contributed by atoms with Gasteiger partial charge >= 0.3 is 0 Å². The van der Waals surface area contributed by atoms with Crippen LogP contribution in [0.4, 0.5) is 10.2 Å². The first-order chi connectivity index (χ1) is 13.0. The summed E-state index contributed by atoms with van der Waals surface area (Å²) >= 11 is 6.24. The van der Waals surface area contributed by atoms with Crippen molar-refractivity contribution in [2.45, 2.75) is 19.8 Å². The molecule has 0 saturated heterocycles. The van der Waals surface area contributed by atoms with E-state index in [0.717, 1.165) is 16.8 Å². The van der Waals surface area contributed by atoms with Gasteiger partial charge in [-0.3, -0.25) is 10.1 Å². The first-order valence-corrected chi connectivity index (χ1v) is 8.87. The fourth-order valence-corrected chi connectivity index (χ4v) is 3.34. The third-order valence-electron chi connectivity index (χ3n) is 4.52. The van der Waals surface area contributed by atoms with Crippen molar-refractivity contribution < 1.29 is 4.39 Å². The molecular weight excluding hydrogens is 436 g/mol. The minimum absolute atomic E-state index is 0. The molecule has 0 radical (unpaired) electrons. The van der Waals surface area contributed by atoms with Crippen molar-refractivity contribution in [3.63, 3.8) is 0 Å². The molecule has 4 rings (SSSR count). The highest BCUT2D eigenvalue weighted by molar-refractivity contribution is 6.35. The van der Waals surface area contributed by atoms with E-state index in [-0.39, 0.29) is 36.5 Å². The predicted octanol–water partition coefficient (Wildman–Crippen LogP) is 6.03. The Bertz CT molecular complexity index is 1160. The Morgan fingerprint density at radius 1 is 1.03 bits per heavy atom. The molecule has 0 bridgehead atoms. The number of benzene rings is 1. The zero-order chi connectivity index (χ0) is 19.1. The zero-order valence-electron chi connectivity index (χ0n) is 15.6. The maximum atomic E-state index is 14.0. The summed E-state index contributed by atoms with van der Waals surface area (Å²) in [5, 5.41) is 8.63. The molecular formula is C20H19Cl3FN5. The van der Waals surface area contributed by atoms with E-state index in [1.165, 1.54) is 18.3 Å². The normalized spacial score (nSPS) is 10.7. The second kappa shape index (κ2) is 8.95. The number of nitrogens with one attached hydrogen (secondary N) is 1. The second-order valence-corrected chi connectivity index (χ2v) is 7.05. The SMILES string of the molecule is CC(C)c1n[nH]cc1-c1cnc(N)c(-c2cc3c(Cl)ccc(F)c3cn2)c1.Cl.Cl. The Hall–Kier alpha value is -2.41. The van der Waals surface area contributed by atoms with E-state index in [4.69, 9.17) is 17.3 Å². The smallest absolute Gasteiger partial charge is 0.132 e. The van der Waals surface area contributed by atoms with Gasteiger partial charge in [0.15, 0.2) is 0 Å². The molecule has 3 heterocycles. The molecule has 3 aromatic heterocycles. The molecule has 5 nitrogen and oxygen atoms in total. The Morgan fingerprint density at radius 2 is 1.79 bits per heavy atom. The van der Waals surface area contributed by atoms with Crippen LogP contribution in [0.2, 0.25) is 5.02 Å². The van der Waals surface area contributed by atoms with Gasteiger partial charge < -0.3 is 5.73 Å². The van der Waals surface area contributed by atoms with Gasteiger partial charge in [-0.05, 0) is 30.2 Å². The highest BCUT2D eigenvalue weighted by atomic mass is 35.5. The van der Waals surface area contributed by atoms with Crippen molar-refractivity contribution in [1.82, 2.24) is 20.2 Å². The quantitative estimate of drug-likeness (QED) is 0.396. The first-order valence-electron chi connectivity index (χ1n) is 8.49. The number of H-pyrrole nitrogens is 1. The minimum Gasteiger partial charge on any atom is -0.383 e. The van der Waals surface area contributed by atoms with Crippen molar-refractivity contribution in [2.24, 2.45) is 0 Å². The summed E-state index contributed by atoms with van der Waals surface area (Å²) < 4.78 is 14.0. The summed E-state index contributed by atoms with van der Waals surface area (Å²) in [6.07, 6.45) is 5.02. The molecule has 0 fully saturated rings. The van der Waals surface area contributed by atoms with Gasteiger partial charge in [-0.2, -0.15) is 5.10 Å². The molecule has 3 N–H and O–H groups in total. The van der Waals surface area contributed by atoms with E-state index >= 15 is 0 Å². The van der Waals surface area contributed by atoms with Crippen molar-refractivity contribution in [1.29, 1.82) is 0 Å². The van der Waals surface area contributed by atoms with Gasteiger partial charge in [0.2, 0.25) is 0 Å². The van der Waals surface area contributed by atoms with Crippen LogP contribution in [0, 0.1) is 5.82 Å². The van der Waals surface area contributed by atoms with E-state index < -0.39 is 0 Å². The molecule has 0 aliphatic carbocycles. The highest BCUT2D eigenvalue weighted by Crippen LogP contribution is 2.34. The van der Waals surface area contributed by atoms with E-state index in [0.29, 0.717) is 32.9 Å². The number of rotatable bonds is 3. The summed E-state index contributed by atoms with van der Waals surface area (Å²) in [5.41, 5.74) is 10.1. The standard InChI is InChI=1S/C20H17ClFN5.2ClH/c1-10(2)19-14(9-26-27-19)11-5-13(20(23)25-7-11)18-6-12-15(8-24-18)17(22)4-3-16(12)21;;/h3-10H,1-2H3,(H2,23,25)(H,26,27);2*1H. The lowest BCUT2D eigenvalue weighted by Gasteiger charge is -2.10. The van der Waals surface area contributed by atoms with Crippen LogP contribution in [-0.4, -0.2) is 20.2 Å². The zero-order valence-corrected chi connectivity index (χ0v) is 18.0. The van der Waals surface area contributed by atoms with Crippen LogP contribution in [0.15, 0.2) is 42.9 Å². The Labute approximate surface area is 184 Å². The van der Waals surface area contributed by atoms with Crippen LogP contribution in [0.3, 0.4) is 0 Å². The molecule has 152 valence electrons. The molecule has 0 saturated carbocycles. The van der Waals surface area contributed by atoms with Gasteiger partial charge in [-0.1, -0.05) is 25.4 Å². The van der Waals surface area contributed by atoms with Gasteiger partial charge in [-0.15, -0.1) is 24.8 Å². The lowest BCUT2D eigenvalue weighted by molar-refractivity contribution is 0.639. The Morgan fingerprint density at radius 3 is 2.52 bits per heavy atom. The average molecular weight is 455 g/mol. The van der Waals surface area contributed by atoms with E-state index in [2.05, 4.69) is 34.0 Å². The number of nitrogens with zero attached hydrogens (tertiary/aromatic N) is 3. The predicted molar refractivity (Wildman–Crippen MR) is 121 cm³/mol. The van der Waals surface area contributed by atoms with Crippen LogP contribution in [0.25, 0.3) is 33.2 Å². The number of nitrogens with two attached hydrogens (primary N) is 1. The lowest BCUT2D eigenvalue weighted by Crippen LogP contribution is -1.98. The summed E-state index contributed by atoms with van der Waals surface area (Å²) in [4.78, 5) is 8.70. The van der Waals surface area contributed by atoms with Crippen LogP contribution >= 0.6 is 36.4 Å². The lowest BCUT2D eigenvalue weighted by atomic mass is 9.99. The maximum absolute atomic E-state index is 14.0. The van der Waals surface area contributed by atoms with Crippen LogP contribution in [-0.2, 0) is 0 Å². The third-order valence-corrected chi connectivity index (χ3v) is 4.85. The molecule has 0 unspecified atom stereocenters. The number of anilines is 1. The molecule has 0 spiro atoms. The largest absolute Gasteiger partial charge is 0.383 e. The van der Waals surface area contributed by atoms with E-state index in [1.807, 2.05) is 12.3 Å². The van der Waals surface area contributed by atoms with E-state index in [9.17, 15) is 4.39 Å². The molecule has 0 aliphatic rings. The van der Waals surface area contributed by atoms with E-state index in [1.54, 1.807) is 12.3 Å². The topological polar surface area (TPSA) is 80.5 Å². The van der Waals surface area contributed by atoms with Crippen LogP contribution < -0.4 is 5.73 Å². The number of fused-ring (bicyclic) bond motifs is 1. The minimum atomic E-state index is -0.367. The number of aromatic amines is 1. The van der Waals surface area contributed by atoms with Gasteiger partial charge in [-0.25, -0.2) is 9.37 Å². The number of halogens is 4. The number of pyridine rings is 2. The van der Waals surface area contributed by atoms with Crippen molar-refractivity contribution in [3.05, 3.63) is 59.4 Å². The van der Waals surface area contributed by atoms with Crippen molar-refractivity contribution in [3.8, 4) is 22.4 Å². The van der Waals surface area contributed by atoms with Gasteiger partial charge in [0.25, 0.3) is 0 Å². The van der Waals surface area contributed by atoms with Crippen LogP contribution in [0.1, 0.15) is 25.5 Å². The summed E-state index contributed by atoms with van der Waals surface area (Å²) in [6, 6.07) is 6.51. The third kappa shape index (κ3) is 4.15. The molecule has 0 amide bonds.